The number of imide groups is 1. The second-order valence-electron chi connectivity index (χ2n) is 7.64. The van der Waals surface area contributed by atoms with Crippen LogP contribution < -0.4 is 4.74 Å². The first kappa shape index (κ1) is 18.6. The maximum Gasteiger partial charge on any atom is 0.233 e. The number of amides is 2. The van der Waals surface area contributed by atoms with Crippen LogP contribution in [0.3, 0.4) is 0 Å². The van der Waals surface area contributed by atoms with Crippen LogP contribution in [0.1, 0.15) is 35.8 Å². The van der Waals surface area contributed by atoms with Gasteiger partial charge in [0, 0.05) is 21.2 Å². The highest BCUT2D eigenvalue weighted by molar-refractivity contribution is 9.10. The first-order chi connectivity index (χ1) is 14.1. The second-order valence-corrected chi connectivity index (χ2v) is 8.56. The van der Waals surface area contributed by atoms with Crippen molar-refractivity contribution in [1.29, 1.82) is 0 Å². The van der Waals surface area contributed by atoms with E-state index < -0.39 is 6.29 Å². The van der Waals surface area contributed by atoms with Gasteiger partial charge in [0.2, 0.25) is 18.1 Å². The summed E-state index contributed by atoms with van der Waals surface area (Å²) in [4.78, 5) is 27.2. The fourth-order valence-corrected chi connectivity index (χ4v) is 4.92. The Labute approximate surface area is 177 Å². The largest absolute Gasteiger partial charge is 0.460 e. The van der Waals surface area contributed by atoms with Gasteiger partial charge in [0.25, 0.3) is 0 Å². The number of allylic oxidation sites excluding steroid dienone is 2. The van der Waals surface area contributed by atoms with Crippen LogP contribution >= 0.6 is 15.9 Å². The van der Waals surface area contributed by atoms with Gasteiger partial charge >= 0.3 is 0 Å². The maximum absolute atomic E-state index is 12.9. The molecule has 0 saturated carbocycles. The smallest absolute Gasteiger partial charge is 0.233 e. The minimum absolute atomic E-state index is 0.0789. The van der Waals surface area contributed by atoms with Crippen LogP contribution in [0, 0.1) is 11.8 Å². The van der Waals surface area contributed by atoms with Gasteiger partial charge in [0.1, 0.15) is 5.75 Å². The molecule has 0 unspecified atom stereocenters. The van der Waals surface area contributed by atoms with Crippen molar-refractivity contribution in [3.8, 4) is 5.75 Å². The number of hydrogen-bond donors (Lipinski definition) is 0. The summed E-state index contributed by atoms with van der Waals surface area (Å²) in [5.41, 5.74) is 2.64. The average Bonchev–Trinajstić information content (AvgIpc) is 2.99. The van der Waals surface area contributed by atoms with Gasteiger partial charge in [0.15, 0.2) is 0 Å². The standard InChI is InChI=1S/C23H20BrNO4/c24-17-10-15(12-25-21(26)18-8-4-5-9-19(18)22(25)27)20-16(11-17)13-28-23(29-20)14-6-2-1-3-7-14/h1-7,10-11,18-19,23H,8-9,12-13H2/t18-,19-,23-/m1/s1. The van der Waals surface area contributed by atoms with E-state index in [4.69, 9.17) is 9.47 Å². The van der Waals surface area contributed by atoms with Crippen LogP contribution in [0.5, 0.6) is 5.75 Å². The topological polar surface area (TPSA) is 55.8 Å². The Bertz CT molecular complexity index is 977. The third kappa shape index (κ3) is 3.30. The summed E-state index contributed by atoms with van der Waals surface area (Å²) in [7, 11) is 0. The Morgan fingerprint density at radius 1 is 1.00 bits per heavy atom. The molecule has 29 heavy (non-hydrogen) atoms. The predicted octanol–water partition coefficient (Wildman–Crippen LogP) is 4.51. The molecule has 2 heterocycles. The van der Waals surface area contributed by atoms with E-state index in [2.05, 4.69) is 15.9 Å². The van der Waals surface area contributed by atoms with Crippen LogP contribution in [-0.4, -0.2) is 16.7 Å². The zero-order valence-corrected chi connectivity index (χ0v) is 17.3. The molecule has 0 N–H and O–H groups in total. The molecule has 2 amide bonds. The summed E-state index contributed by atoms with van der Waals surface area (Å²) in [6.07, 6.45) is 4.77. The third-order valence-corrected chi connectivity index (χ3v) is 6.28. The Kier molecular flexibility index (Phi) is 4.76. The van der Waals surface area contributed by atoms with Crippen molar-refractivity contribution in [3.63, 3.8) is 0 Å². The SMILES string of the molecule is O=C1[C@@H]2CC=CC[C@H]2C(=O)N1Cc1cc(Br)cc2c1O[C@H](c1ccccc1)OC2. The number of benzene rings is 2. The third-order valence-electron chi connectivity index (χ3n) is 5.82. The quantitative estimate of drug-likeness (QED) is 0.506. The highest BCUT2D eigenvalue weighted by Crippen LogP contribution is 2.41. The first-order valence-corrected chi connectivity index (χ1v) is 10.6. The maximum atomic E-state index is 12.9. The molecule has 1 fully saturated rings. The van der Waals surface area contributed by atoms with E-state index in [1.807, 2.05) is 54.6 Å². The van der Waals surface area contributed by atoms with E-state index in [1.165, 1.54) is 4.90 Å². The lowest BCUT2D eigenvalue weighted by atomic mass is 9.85. The molecule has 0 radical (unpaired) electrons. The van der Waals surface area contributed by atoms with Gasteiger partial charge in [-0.15, -0.1) is 0 Å². The molecular weight excluding hydrogens is 434 g/mol. The van der Waals surface area contributed by atoms with E-state index in [0.29, 0.717) is 25.2 Å². The molecule has 1 aliphatic carbocycles. The van der Waals surface area contributed by atoms with Crippen LogP contribution in [0.15, 0.2) is 59.1 Å². The van der Waals surface area contributed by atoms with Gasteiger partial charge in [0.05, 0.1) is 25.0 Å². The lowest BCUT2D eigenvalue weighted by Crippen LogP contribution is -2.31. The monoisotopic (exact) mass is 453 g/mol. The van der Waals surface area contributed by atoms with Gasteiger partial charge in [-0.3, -0.25) is 14.5 Å². The highest BCUT2D eigenvalue weighted by Gasteiger charge is 2.47. The van der Waals surface area contributed by atoms with Crippen LogP contribution in [0.4, 0.5) is 0 Å². The molecule has 148 valence electrons. The number of rotatable bonds is 3. The summed E-state index contributed by atoms with van der Waals surface area (Å²) in [6, 6.07) is 13.6. The van der Waals surface area contributed by atoms with Crippen molar-refractivity contribution in [2.75, 3.05) is 0 Å². The van der Waals surface area contributed by atoms with Gasteiger partial charge in [-0.1, -0.05) is 58.4 Å². The van der Waals surface area contributed by atoms with Crippen molar-refractivity contribution >= 4 is 27.7 Å². The molecule has 5 rings (SSSR count). The molecular formula is C23H20BrNO4. The molecule has 0 aromatic heterocycles. The summed E-state index contributed by atoms with van der Waals surface area (Å²) in [6.45, 7) is 0.617. The Hall–Kier alpha value is -2.44. The van der Waals surface area contributed by atoms with Gasteiger partial charge in [-0.05, 0) is 25.0 Å². The molecule has 1 saturated heterocycles. The van der Waals surface area contributed by atoms with Crippen molar-refractivity contribution in [2.24, 2.45) is 11.8 Å². The lowest BCUT2D eigenvalue weighted by Gasteiger charge is -2.29. The zero-order chi connectivity index (χ0) is 20.0. The van der Waals surface area contributed by atoms with E-state index >= 15 is 0 Å². The number of nitrogens with zero attached hydrogens (tertiary/aromatic N) is 1. The van der Waals surface area contributed by atoms with Crippen molar-refractivity contribution in [3.05, 3.63) is 75.8 Å². The van der Waals surface area contributed by atoms with Gasteiger partial charge in [-0.25, -0.2) is 0 Å². The Balaban J connectivity index is 1.45. The van der Waals surface area contributed by atoms with E-state index in [9.17, 15) is 9.59 Å². The average molecular weight is 454 g/mol. The number of halogens is 1. The Morgan fingerprint density at radius 3 is 2.38 bits per heavy atom. The van der Waals surface area contributed by atoms with Crippen molar-refractivity contribution in [1.82, 2.24) is 4.90 Å². The second kappa shape index (κ2) is 7.43. The minimum Gasteiger partial charge on any atom is -0.460 e. The van der Waals surface area contributed by atoms with Crippen LogP contribution in [0.25, 0.3) is 0 Å². The molecule has 2 aromatic carbocycles. The minimum atomic E-state index is -0.514. The molecule has 5 nitrogen and oxygen atoms in total. The fraction of sp³-hybridized carbons (Fsp3) is 0.304. The summed E-state index contributed by atoms with van der Waals surface area (Å²) < 4.78 is 13.0. The number of likely N-dealkylation sites (tertiary alicyclic amines) is 1. The zero-order valence-electron chi connectivity index (χ0n) is 15.7. The van der Waals surface area contributed by atoms with Crippen LogP contribution in [0.2, 0.25) is 0 Å². The van der Waals surface area contributed by atoms with Crippen LogP contribution in [-0.2, 0) is 27.5 Å². The van der Waals surface area contributed by atoms with E-state index in [0.717, 1.165) is 21.2 Å². The normalized spacial score (nSPS) is 25.6. The Morgan fingerprint density at radius 2 is 1.69 bits per heavy atom. The van der Waals surface area contributed by atoms with E-state index in [1.54, 1.807) is 0 Å². The van der Waals surface area contributed by atoms with Gasteiger partial charge in [-0.2, -0.15) is 0 Å². The summed E-state index contributed by atoms with van der Waals surface area (Å²) in [5, 5.41) is 0. The number of fused-ring (bicyclic) bond motifs is 2. The molecule has 3 aliphatic rings. The predicted molar refractivity (Wildman–Crippen MR) is 110 cm³/mol. The van der Waals surface area contributed by atoms with E-state index in [-0.39, 0.29) is 30.2 Å². The number of carbonyl (C=O) groups excluding carboxylic acids is 2. The molecule has 2 aliphatic heterocycles. The summed E-state index contributed by atoms with van der Waals surface area (Å²) >= 11 is 3.53. The first-order valence-electron chi connectivity index (χ1n) is 9.76. The number of ether oxygens (including phenoxy) is 2. The molecule has 2 aromatic rings. The van der Waals surface area contributed by atoms with Gasteiger partial charge < -0.3 is 9.47 Å². The fourth-order valence-electron chi connectivity index (χ4n) is 4.36. The molecule has 0 bridgehead atoms. The van der Waals surface area contributed by atoms with Crippen molar-refractivity contribution in [2.45, 2.75) is 32.3 Å². The lowest BCUT2D eigenvalue weighted by molar-refractivity contribution is -0.140. The van der Waals surface area contributed by atoms with Crippen molar-refractivity contribution < 1.29 is 19.1 Å². The summed E-state index contributed by atoms with van der Waals surface area (Å²) in [5.74, 6) is 0.0879. The molecule has 3 atom stereocenters. The molecule has 6 heteroatoms. The highest BCUT2D eigenvalue weighted by atomic mass is 79.9. The number of hydrogen-bond acceptors (Lipinski definition) is 4. The number of carbonyl (C=O) groups is 2. The molecule has 0 spiro atoms.